The number of aromatic nitrogens is 4. The van der Waals surface area contributed by atoms with Gasteiger partial charge >= 0.3 is 0 Å². The minimum absolute atomic E-state index is 0.131. The van der Waals surface area contributed by atoms with Crippen LogP contribution in [0.25, 0.3) is 5.65 Å². The molecule has 1 N–H and O–H groups in total. The number of rotatable bonds is 7. The lowest BCUT2D eigenvalue weighted by molar-refractivity contribution is -0.116. The molecule has 0 saturated carbocycles. The Morgan fingerprint density at radius 1 is 1.14 bits per heavy atom. The van der Waals surface area contributed by atoms with E-state index < -0.39 is 0 Å². The minimum Gasteiger partial charge on any atom is -0.493 e. The molecule has 0 atom stereocenters. The van der Waals surface area contributed by atoms with E-state index in [2.05, 4.69) is 15.4 Å². The Bertz CT molecular complexity index is 1110. The van der Waals surface area contributed by atoms with Gasteiger partial charge in [0.15, 0.2) is 5.82 Å². The van der Waals surface area contributed by atoms with Crippen molar-refractivity contribution in [2.45, 2.75) is 26.8 Å². The maximum atomic E-state index is 12.2. The van der Waals surface area contributed by atoms with E-state index in [4.69, 9.17) is 4.74 Å². The number of benzene rings is 1. The molecule has 0 fully saturated rings. The fourth-order valence-electron chi connectivity index (χ4n) is 3.07. The van der Waals surface area contributed by atoms with Crippen molar-refractivity contribution in [1.82, 2.24) is 19.2 Å². The highest BCUT2D eigenvalue weighted by molar-refractivity contribution is 5.89. The highest BCUT2D eigenvalue weighted by Gasteiger charge is 2.08. The molecule has 1 amide bonds. The Hall–Kier alpha value is -3.61. The zero-order valence-electron chi connectivity index (χ0n) is 16.5. The number of hydrogen-bond acceptors (Lipinski definition) is 4. The summed E-state index contributed by atoms with van der Waals surface area (Å²) in [5.41, 5.74) is 3.99. The number of fused-ring (bicyclic) bond motifs is 1. The molecule has 3 heterocycles. The molecule has 148 valence electrons. The van der Waals surface area contributed by atoms with Crippen LogP contribution in [0.2, 0.25) is 0 Å². The summed E-state index contributed by atoms with van der Waals surface area (Å²) in [6.45, 7) is 4.86. The number of imidazole rings is 1. The summed E-state index contributed by atoms with van der Waals surface area (Å²) in [6, 6.07) is 13.7. The Morgan fingerprint density at radius 2 is 2.03 bits per heavy atom. The Balaban J connectivity index is 1.29. The molecule has 0 saturated heterocycles. The monoisotopic (exact) mass is 389 g/mol. The zero-order valence-corrected chi connectivity index (χ0v) is 16.5. The fourth-order valence-corrected chi connectivity index (χ4v) is 3.07. The first-order valence-corrected chi connectivity index (χ1v) is 9.53. The molecule has 7 heteroatoms. The van der Waals surface area contributed by atoms with Gasteiger partial charge in [0.2, 0.25) is 5.91 Å². The van der Waals surface area contributed by atoms with Crippen molar-refractivity contribution in [2.24, 2.45) is 0 Å². The van der Waals surface area contributed by atoms with Crippen molar-refractivity contribution in [1.29, 1.82) is 0 Å². The van der Waals surface area contributed by atoms with E-state index in [1.807, 2.05) is 73.2 Å². The van der Waals surface area contributed by atoms with Crippen molar-refractivity contribution < 1.29 is 9.53 Å². The predicted molar refractivity (Wildman–Crippen MR) is 111 cm³/mol. The van der Waals surface area contributed by atoms with Gasteiger partial charge in [-0.1, -0.05) is 18.2 Å². The summed E-state index contributed by atoms with van der Waals surface area (Å²) >= 11 is 0. The molecule has 4 aromatic rings. The number of amides is 1. The fraction of sp³-hybridized carbons (Fsp3) is 0.227. The summed E-state index contributed by atoms with van der Waals surface area (Å²) in [5, 5.41) is 7.21. The van der Waals surface area contributed by atoms with Crippen LogP contribution in [0.3, 0.4) is 0 Å². The first kappa shape index (κ1) is 18.7. The highest BCUT2D eigenvalue weighted by Crippen LogP contribution is 2.19. The average Bonchev–Trinajstić information content (AvgIpc) is 3.30. The summed E-state index contributed by atoms with van der Waals surface area (Å²) < 4.78 is 9.47. The molecule has 0 aliphatic rings. The Morgan fingerprint density at radius 3 is 2.90 bits per heavy atom. The molecule has 0 radical (unpaired) electrons. The van der Waals surface area contributed by atoms with Gasteiger partial charge in [-0.15, -0.1) is 0 Å². The number of anilines is 1. The molecule has 1 aromatic carbocycles. The second kappa shape index (κ2) is 8.18. The smallest absolute Gasteiger partial charge is 0.229 e. The van der Waals surface area contributed by atoms with Crippen LogP contribution in [0.1, 0.15) is 23.2 Å². The lowest BCUT2D eigenvalue weighted by Gasteiger charge is -2.09. The number of nitrogens with zero attached hydrogens (tertiary/aromatic N) is 4. The van der Waals surface area contributed by atoms with Crippen LogP contribution in [0, 0.1) is 13.8 Å². The van der Waals surface area contributed by atoms with E-state index in [0.29, 0.717) is 19.0 Å². The van der Waals surface area contributed by atoms with Gasteiger partial charge in [-0.05, 0) is 43.2 Å². The second-order valence-corrected chi connectivity index (χ2v) is 7.01. The van der Waals surface area contributed by atoms with Gasteiger partial charge in [0, 0.05) is 24.7 Å². The number of pyridine rings is 1. The molecule has 7 nitrogen and oxygen atoms in total. The van der Waals surface area contributed by atoms with Crippen molar-refractivity contribution in [3.63, 3.8) is 0 Å². The summed E-state index contributed by atoms with van der Waals surface area (Å²) in [4.78, 5) is 16.7. The number of ether oxygens (including phenoxy) is 1. The van der Waals surface area contributed by atoms with Gasteiger partial charge in [0.25, 0.3) is 0 Å². The standard InChI is InChI=1S/C22H23N5O2/c1-16-6-7-17(2)19(13-16)29-12-9-22(28)24-20-8-11-27(25-20)15-18-14-26-10-4-3-5-21(26)23-18/h3-8,10-11,13-14H,9,12,15H2,1-2H3,(H,24,25,28). The molecule has 0 aliphatic heterocycles. The molecule has 0 bridgehead atoms. The van der Waals surface area contributed by atoms with E-state index in [1.165, 1.54) is 0 Å². The third kappa shape index (κ3) is 4.63. The molecule has 3 aromatic heterocycles. The van der Waals surface area contributed by atoms with Gasteiger partial charge < -0.3 is 14.5 Å². The maximum absolute atomic E-state index is 12.2. The van der Waals surface area contributed by atoms with Crippen LogP contribution in [0.15, 0.2) is 61.1 Å². The number of aryl methyl sites for hydroxylation is 2. The Kier molecular flexibility index (Phi) is 5.29. The molecule has 0 aliphatic carbocycles. The summed E-state index contributed by atoms with van der Waals surface area (Å²) in [5.74, 6) is 1.20. The maximum Gasteiger partial charge on any atom is 0.229 e. The molecular weight excluding hydrogens is 366 g/mol. The topological polar surface area (TPSA) is 73.5 Å². The van der Waals surface area contributed by atoms with E-state index in [1.54, 1.807) is 10.7 Å². The Labute approximate surface area is 169 Å². The molecule has 29 heavy (non-hydrogen) atoms. The van der Waals surface area contributed by atoms with Crippen LogP contribution in [0.4, 0.5) is 5.82 Å². The number of nitrogens with one attached hydrogen (secondary N) is 1. The number of carbonyl (C=O) groups excluding carboxylic acids is 1. The van der Waals surface area contributed by atoms with E-state index >= 15 is 0 Å². The van der Waals surface area contributed by atoms with Gasteiger partial charge in [-0.25, -0.2) is 4.98 Å². The van der Waals surface area contributed by atoms with Gasteiger partial charge in [0.1, 0.15) is 11.4 Å². The van der Waals surface area contributed by atoms with Crippen molar-refractivity contribution in [3.05, 3.63) is 77.9 Å². The lowest BCUT2D eigenvalue weighted by Crippen LogP contribution is -2.16. The third-order valence-electron chi connectivity index (χ3n) is 4.58. The number of hydrogen-bond donors (Lipinski definition) is 1. The molecule has 0 spiro atoms. The van der Waals surface area contributed by atoms with Crippen LogP contribution < -0.4 is 10.1 Å². The number of carbonyl (C=O) groups is 1. The summed E-state index contributed by atoms with van der Waals surface area (Å²) in [6.07, 6.45) is 6.01. The van der Waals surface area contributed by atoms with Crippen LogP contribution in [-0.2, 0) is 11.3 Å². The van der Waals surface area contributed by atoms with Gasteiger partial charge in [0.05, 0.1) is 25.3 Å². The zero-order chi connectivity index (χ0) is 20.2. The van der Waals surface area contributed by atoms with Gasteiger partial charge in [-0.3, -0.25) is 9.48 Å². The SMILES string of the molecule is Cc1ccc(C)c(OCCC(=O)Nc2ccn(Cc3cn4ccccc4n3)n2)c1. The van der Waals surface area contributed by atoms with Crippen LogP contribution in [0.5, 0.6) is 5.75 Å². The minimum atomic E-state index is -0.131. The lowest BCUT2D eigenvalue weighted by atomic mass is 10.1. The first-order valence-electron chi connectivity index (χ1n) is 9.53. The van der Waals surface area contributed by atoms with E-state index in [0.717, 1.165) is 28.2 Å². The van der Waals surface area contributed by atoms with E-state index in [9.17, 15) is 4.79 Å². The van der Waals surface area contributed by atoms with Gasteiger partial charge in [-0.2, -0.15) is 5.10 Å². The quantitative estimate of drug-likeness (QED) is 0.524. The second-order valence-electron chi connectivity index (χ2n) is 7.01. The predicted octanol–water partition coefficient (Wildman–Crippen LogP) is 3.60. The average molecular weight is 389 g/mol. The normalized spacial score (nSPS) is 11.0. The molecule has 0 unspecified atom stereocenters. The largest absolute Gasteiger partial charge is 0.493 e. The first-order chi connectivity index (χ1) is 14.1. The third-order valence-corrected chi connectivity index (χ3v) is 4.58. The summed E-state index contributed by atoms with van der Waals surface area (Å²) in [7, 11) is 0. The van der Waals surface area contributed by atoms with E-state index in [-0.39, 0.29) is 12.3 Å². The molecule has 4 rings (SSSR count). The van der Waals surface area contributed by atoms with Crippen molar-refractivity contribution >= 4 is 17.4 Å². The van der Waals surface area contributed by atoms with Crippen LogP contribution >= 0.6 is 0 Å². The van der Waals surface area contributed by atoms with Crippen molar-refractivity contribution in [2.75, 3.05) is 11.9 Å². The van der Waals surface area contributed by atoms with Crippen LogP contribution in [-0.4, -0.2) is 31.7 Å². The highest BCUT2D eigenvalue weighted by atomic mass is 16.5. The van der Waals surface area contributed by atoms with Crippen molar-refractivity contribution in [3.8, 4) is 5.75 Å². The molecular formula is C22H23N5O2.